The maximum Gasteiger partial charge on any atom is 0.228 e. The largest absolute Gasteiger partial charge is 0.342 e. The van der Waals surface area contributed by atoms with E-state index >= 15 is 0 Å². The van der Waals surface area contributed by atoms with E-state index in [1.54, 1.807) is 0 Å². The van der Waals surface area contributed by atoms with Gasteiger partial charge in [-0.25, -0.2) is 0 Å². The standard InChI is InChI=1S/C17H26N2O/c20-16(19-9-14-7-18-8-15(14)10-19)17-4-11-1-12(5-17)3-13(2-11)6-17/h11-15,18H,1-10H2. The van der Waals surface area contributed by atoms with Gasteiger partial charge in [-0.1, -0.05) is 0 Å². The molecule has 6 fully saturated rings. The molecule has 6 rings (SSSR count). The van der Waals surface area contributed by atoms with Gasteiger partial charge >= 0.3 is 0 Å². The van der Waals surface area contributed by atoms with Crippen LogP contribution in [0.2, 0.25) is 0 Å². The van der Waals surface area contributed by atoms with Gasteiger partial charge in [0, 0.05) is 26.2 Å². The molecule has 1 amide bonds. The molecule has 2 atom stereocenters. The number of likely N-dealkylation sites (tertiary alicyclic amines) is 1. The van der Waals surface area contributed by atoms with Gasteiger partial charge in [-0.3, -0.25) is 4.79 Å². The van der Waals surface area contributed by atoms with Crippen molar-refractivity contribution in [2.45, 2.75) is 38.5 Å². The molecule has 0 radical (unpaired) electrons. The van der Waals surface area contributed by atoms with Gasteiger partial charge in [0.15, 0.2) is 0 Å². The minimum absolute atomic E-state index is 0.0841. The van der Waals surface area contributed by atoms with Gasteiger partial charge < -0.3 is 10.2 Å². The van der Waals surface area contributed by atoms with Crippen LogP contribution >= 0.6 is 0 Å². The molecule has 0 aromatic heterocycles. The van der Waals surface area contributed by atoms with E-state index in [1.165, 1.54) is 38.5 Å². The van der Waals surface area contributed by atoms with Crippen molar-refractivity contribution in [1.82, 2.24) is 10.2 Å². The third-order valence-corrected chi connectivity index (χ3v) is 7.17. The van der Waals surface area contributed by atoms with Gasteiger partial charge in [-0.2, -0.15) is 0 Å². The molecule has 3 nitrogen and oxygen atoms in total. The van der Waals surface area contributed by atoms with Gasteiger partial charge in [0.2, 0.25) is 5.91 Å². The van der Waals surface area contributed by atoms with Crippen molar-refractivity contribution in [3.8, 4) is 0 Å². The average Bonchev–Trinajstić information content (AvgIpc) is 2.96. The van der Waals surface area contributed by atoms with Crippen LogP contribution in [0.25, 0.3) is 0 Å². The lowest BCUT2D eigenvalue weighted by atomic mass is 9.49. The van der Waals surface area contributed by atoms with E-state index in [-0.39, 0.29) is 5.41 Å². The van der Waals surface area contributed by atoms with Crippen LogP contribution in [-0.4, -0.2) is 37.0 Å². The topological polar surface area (TPSA) is 32.3 Å². The molecule has 4 saturated carbocycles. The molecule has 2 saturated heterocycles. The summed E-state index contributed by atoms with van der Waals surface area (Å²) in [5.41, 5.74) is 0.0841. The lowest BCUT2D eigenvalue weighted by Gasteiger charge is -2.56. The molecule has 1 N–H and O–H groups in total. The van der Waals surface area contributed by atoms with E-state index in [0.717, 1.165) is 55.8 Å². The summed E-state index contributed by atoms with van der Waals surface area (Å²) in [6.07, 6.45) is 7.97. The third-order valence-electron chi connectivity index (χ3n) is 7.17. The summed E-state index contributed by atoms with van der Waals surface area (Å²) >= 11 is 0. The number of carbonyl (C=O) groups is 1. The predicted molar refractivity (Wildman–Crippen MR) is 77.0 cm³/mol. The Hall–Kier alpha value is -0.570. The highest BCUT2D eigenvalue weighted by Crippen LogP contribution is 2.60. The van der Waals surface area contributed by atoms with Crippen molar-refractivity contribution in [3.05, 3.63) is 0 Å². The lowest BCUT2D eigenvalue weighted by Crippen LogP contribution is -2.54. The van der Waals surface area contributed by atoms with Gasteiger partial charge in [-0.05, 0) is 68.1 Å². The minimum Gasteiger partial charge on any atom is -0.342 e. The highest BCUT2D eigenvalue weighted by molar-refractivity contribution is 5.83. The monoisotopic (exact) mass is 274 g/mol. The zero-order valence-electron chi connectivity index (χ0n) is 12.3. The summed E-state index contributed by atoms with van der Waals surface area (Å²) in [5.74, 6) is 4.70. The molecule has 0 spiro atoms. The Morgan fingerprint density at radius 3 is 1.90 bits per heavy atom. The SMILES string of the molecule is O=C(N1CC2CNCC2C1)C12CC3CC(CC(C3)C1)C2. The Labute approximate surface area is 121 Å². The molecule has 0 aromatic rings. The maximum atomic E-state index is 13.2. The van der Waals surface area contributed by atoms with Crippen LogP contribution in [0.1, 0.15) is 38.5 Å². The summed E-state index contributed by atoms with van der Waals surface area (Å²) in [6, 6.07) is 0. The van der Waals surface area contributed by atoms with Crippen molar-refractivity contribution in [1.29, 1.82) is 0 Å². The first-order valence-corrected chi connectivity index (χ1v) is 8.72. The van der Waals surface area contributed by atoms with Crippen molar-refractivity contribution in [2.24, 2.45) is 35.0 Å². The number of nitrogens with zero attached hydrogens (tertiary/aromatic N) is 1. The molecular formula is C17H26N2O. The summed E-state index contributed by atoms with van der Waals surface area (Å²) in [5, 5.41) is 3.48. The summed E-state index contributed by atoms with van der Waals surface area (Å²) in [6.45, 7) is 4.35. The Balaban J connectivity index is 1.38. The van der Waals surface area contributed by atoms with Crippen molar-refractivity contribution in [2.75, 3.05) is 26.2 Å². The Morgan fingerprint density at radius 2 is 1.40 bits per heavy atom. The Bertz CT molecular complexity index is 399. The van der Waals surface area contributed by atoms with Crippen LogP contribution in [0.3, 0.4) is 0 Å². The molecular weight excluding hydrogens is 248 g/mol. The number of carbonyl (C=O) groups excluding carboxylic acids is 1. The first kappa shape index (κ1) is 12.0. The van der Waals surface area contributed by atoms with Gasteiger partial charge in [-0.15, -0.1) is 0 Å². The number of fused-ring (bicyclic) bond motifs is 1. The maximum absolute atomic E-state index is 13.2. The van der Waals surface area contributed by atoms with Crippen molar-refractivity contribution in [3.63, 3.8) is 0 Å². The predicted octanol–water partition coefficient (Wildman–Crippen LogP) is 1.88. The highest BCUT2D eigenvalue weighted by atomic mass is 16.2. The fraction of sp³-hybridized carbons (Fsp3) is 0.941. The molecule has 0 aromatic carbocycles. The average molecular weight is 274 g/mol. The molecule has 2 heterocycles. The Morgan fingerprint density at radius 1 is 0.900 bits per heavy atom. The smallest absolute Gasteiger partial charge is 0.228 e. The zero-order chi connectivity index (χ0) is 13.3. The normalized spacial score (nSPS) is 52.6. The second kappa shape index (κ2) is 4.00. The van der Waals surface area contributed by atoms with E-state index in [0.29, 0.717) is 5.91 Å². The molecule has 4 bridgehead atoms. The second-order valence-electron chi connectivity index (χ2n) is 8.59. The number of rotatable bonds is 1. The molecule has 6 aliphatic rings. The molecule has 110 valence electrons. The van der Waals surface area contributed by atoms with E-state index in [1.807, 2.05) is 0 Å². The van der Waals surface area contributed by atoms with Gasteiger partial charge in [0.05, 0.1) is 5.41 Å². The van der Waals surface area contributed by atoms with Gasteiger partial charge in [0.25, 0.3) is 0 Å². The van der Waals surface area contributed by atoms with E-state index in [9.17, 15) is 4.79 Å². The van der Waals surface area contributed by atoms with Crippen LogP contribution in [0, 0.1) is 35.0 Å². The molecule has 4 aliphatic carbocycles. The fourth-order valence-electron chi connectivity index (χ4n) is 6.73. The third kappa shape index (κ3) is 1.59. The van der Waals surface area contributed by atoms with Crippen LogP contribution in [-0.2, 0) is 4.79 Å². The van der Waals surface area contributed by atoms with Crippen LogP contribution in [0.4, 0.5) is 0 Å². The summed E-state index contributed by atoms with van der Waals surface area (Å²) < 4.78 is 0. The highest BCUT2D eigenvalue weighted by Gasteiger charge is 2.56. The first-order valence-electron chi connectivity index (χ1n) is 8.72. The zero-order valence-corrected chi connectivity index (χ0v) is 12.3. The number of hydrogen-bond acceptors (Lipinski definition) is 2. The van der Waals surface area contributed by atoms with Gasteiger partial charge in [0.1, 0.15) is 0 Å². The van der Waals surface area contributed by atoms with E-state index < -0.39 is 0 Å². The lowest BCUT2D eigenvalue weighted by molar-refractivity contribution is -0.156. The number of hydrogen-bond donors (Lipinski definition) is 1. The summed E-state index contributed by atoms with van der Waals surface area (Å²) in [7, 11) is 0. The van der Waals surface area contributed by atoms with Crippen LogP contribution in [0.15, 0.2) is 0 Å². The quantitative estimate of drug-likeness (QED) is 0.792. The second-order valence-corrected chi connectivity index (χ2v) is 8.59. The van der Waals surface area contributed by atoms with Crippen molar-refractivity contribution < 1.29 is 4.79 Å². The minimum atomic E-state index is 0.0841. The molecule has 2 aliphatic heterocycles. The van der Waals surface area contributed by atoms with E-state index in [4.69, 9.17) is 0 Å². The van der Waals surface area contributed by atoms with E-state index in [2.05, 4.69) is 10.2 Å². The Kier molecular flexibility index (Phi) is 2.40. The number of amides is 1. The fourth-order valence-corrected chi connectivity index (χ4v) is 6.73. The molecule has 20 heavy (non-hydrogen) atoms. The molecule has 2 unspecified atom stereocenters. The van der Waals surface area contributed by atoms with Crippen molar-refractivity contribution >= 4 is 5.91 Å². The van der Waals surface area contributed by atoms with Crippen LogP contribution in [0.5, 0.6) is 0 Å². The first-order chi connectivity index (χ1) is 9.72. The molecule has 3 heteroatoms. The number of nitrogens with one attached hydrogen (secondary N) is 1. The summed E-state index contributed by atoms with van der Waals surface area (Å²) in [4.78, 5) is 15.5. The van der Waals surface area contributed by atoms with Crippen LogP contribution < -0.4 is 5.32 Å².